The third-order valence-electron chi connectivity index (χ3n) is 8.20. The summed E-state index contributed by atoms with van der Waals surface area (Å²) in [6.07, 6.45) is 0.412. The minimum atomic E-state index is -1.28. The maximum atomic E-state index is 13.9. The zero-order valence-corrected chi connectivity index (χ0v) is 24.3. The Kier molecular flexibility index (Phi) is 8.11. The molecule has 3 fully saturated rings. The van der Waals surface area contributed by atoms with E-state index in [1.54, 1.807) is 0 Å². The number of carbonyl (C=O) groups excluding carboxylic acids is 6. The standard InChI is InChI=1S/C27H44N6O6/c1-25(2,3)19(31-24(39)32-26(4,5)6)23(38)33-12-14-16(27(14,7)8)17(33)22(37)30-15(18(34)20(28)35)11-13-9-10-29-21(13)36/h13-17,19H,9-12H2,1-8H3,(H2,28,35)(H,29,36)(H,30,37)(H2,31,32,39)/t13-,14-,15-,16-,17-,19?/m0/s1. The molecule has 2 saturated heterocycles. The van der Waals surface area contributed by atoms with Crippen LogP contribution < -0.4 is 27.0 Å². The molecule has 6 N–H and O–H groups in total. The molecule has 0 radical (unpaired) electrons. The fourth-order valence-corrected chi connectivity index (χ4v) is 5.95. The van der Waals surface area contributed by atoms with E-state index in [0.717, 1.165) is 0 Å². The number of rotatable bonds is 8. The number of likely N-dealkylation sites (tertiary alicyclic amines) is 1. The summed E-state index contributed by atoms with van der Waals surface area (Å²) in [7, 11) is 0. The van der Waals surface area contributed by atoms with Gasteiger partial charge in [0.2, 0.25) is 23.5 Å². The number of Topliss-reactive ketones (excluding diaryl/α,β-unsaturated/α-hetero) is 1. The van der Waals surface area contributed by atoms with Gasteiger partial charge in [-0.1, -0.05) is 34.6 Å². The minimum Gasteiger partial charge on any atom is -0.363 e. The lowest BCUT2D eigenvalue weighted by molar-refractivity contribution is -0.145. The van der Waals surface area contributed by atoms with Crippen LogP contribution in [0.15, 0.2) is 0 Å². The molecule has 0 bridgehead atoms. The van der Waals surface area contributed by atoms with E-state index in [1.807, 2.05) is 55.4 Å². The van der Waals surface area contributed by atoms with Crippen LogP contribution in [-0.4, -0.2) is 77.1 Å². The Bertz CT molecular complexity index is 1060. The van der Waals surface area contributed by atoms with Crippen LogP contribution in [0.25, 0.3) is 0 Å². The van der Waals surface area contributed by atoms with Gasteiger partial charge in [-0.25, -0.2) is 4.79 Å². The Morgan fingerprint density at radius 2 is 1.69 bits per heavy atom. The molecule has 12 nitrogen and oxygen atoms in total. The second-order valence-corrected chi connectivity index (χ2v) is 13.8. The highest BCUT2D eigenvalue weighted by molar-refractivity contribution is 6.38. The van der Waals surface area contributed by atoms with Gasteiger partial charge in [-0.3, -0.25) is 24.0 Å². The summed E-state index contributed by atoms with van der Waals surface area (Å²) in [4.78, 5) is 78.4. The molecular formula is C27H44N6O6. The highest BCUT2D eigenvalue weighted by atomic mass is 16.2. The van der Waals surface area contributed by atoms with Gasteiger partial charge in [0, 0.05) is 24.5 Å². The molecule has 1 unspecified atom stereocenters. The van der Waals surface area contributed by atoms with E-state index >= 15 is 0 Å². The van der Waals surface area contributed by atoms with Crippen molar-refractivity contribution < 1.29 is 28.8 Å². The fourth-order valence-electron chi connectivity index (χ4n) is 5.95. The summed E-state index contributed by atoms with van der Waals surface area (Å²) in [6, 6.07) is -3.62. The van der Waals surface area contributed by atoms with Gasteiger partial charge in [-0.15, -0.1) is 0 Å². The zero-order valence-electron chi connectivity index (χ0n) is 24.3. The maximum Gasteiger partial charge on any atom is 0.315 e. The van der Waals surface area contributed by atoms with Crippen molar-refractivity contribution in [1.82, 2.24) is 26.2 Å². The number of amides is 6. The molecule has 3 rings (SSSR count). The smallest absolute Gasteiger partial charge is 0.315 e. The molecule has 0 aromatic heterocycles. The average Bonchev–Trinajstić information content (AvgIpc) is 3.14. The lowest BCUT2D eigenvalue weighted by atomic mass is 9.85. The van der Waals surface area contributed by atoms with Gasteiger partial charge in [0.15, 0.2) is 0 Å². The molecule has 12 heteroatoms. The van der Waals surface area contributed by atoms with Gasteiger partial charge in [-0.2, -0.15) is 0 Å². The van der Waals surface area contributed by atoms with E-state index in [0.29, 0.717) is 19.5 Å². The molecule has 0 aromatic carbocycles. The summed E-state index contributed by atoms with van der Waals surface area (Å²) in [5, 5.41) is 10.9. The second-order valence-electron chi connectivity index (χ2n) is 13.8. The second kappa shape index (κ2) is 10.4. The van der Waals surface area contributed by atoms with Gasteiger partial charge in [-0.05, 0) is 56.3 Å². The van der Waals surface area contributed by atoms with Crippen LogP contribution in [0.3, 0.4) is 0 Å². The van der Waals surface area contributed by atoms with Crippen molar-refractivity contribution in [3.05, 3.63) is 0 Å². The fraction of sp³-hybridized carbons (Fsp3) is 0.778. The van der Waals surface area contributed by atoms with Crippen molar-refractivity contribution in [2.24, 2.45) is 34.3 Å². The lowest BCUT2D eigenvalue weighted by Crippen LogP contribution is -2.62. The van der Waals surface area contributed by atoms with Gasteiger partial charge in [0.1, 0.15) is 12.1 Å². The number of ketones is 1. The first-order valence-electron chi connectivity index (χ1n) is 13.6. The number of piperidine rings is 1. The van der Waals surface area contributed by atoms with Crippen molar-refractivity contribution in [2.75, 3.05) is 13.1 Å². The Hall–Kier alpha value is -3.18. The third kappa shape index (κ3) is 6.52. The first kappa shape index (κ1) is 30.4. The maximum absolute atomic E-state index is 13.9. The first-order chi connectivity index (χ1) is 17.8. The largest absolute Gasteiger partial charge is 0.363 e. The van der Waals surface area contributed by atoms with Crippen LogP contribution in [0, 0.1) is 28.6 Å². The van der Waals surface area contributed by atoms with E-state index in [4.69, 9.17) is 5.73 Å². The van der Waals surface area contributed by atoms with E-state index < -0.39 is 64.5 Å². The van der Waals surface area contributed by atoms with Crippen molar-refractivity contribution in [3.63, 3.8) is 0 Å². The molecule has 1 aliphatic carbocycles. The quantitative estimate of drug-likeness (QED) is 0.267. The van der Waals surface area contributed by atoms with E-state index in [1.165, 1.54) is 4.90 Å². The lowest BCUT2D eigenvalue weighted by Gasteiger charge is -2.38. The average molecular weight is 549 g/mol. The summed E-state index contributed by atoms with van der Waals surface area (Å²) < 4.78 is 0. The van der Waals surface area contributed by atoms with Crippen LogP contribution in [0.1, 0.15) is 68.2 Å². The number of nitrogens with zero attached hydrogens (tertiary/aromatic N) is 1. The summed E-state index contributed by atoms with van der Waals surface area (Å²) in [5.74, 6) is -4.06. The van der Waals surface area contributed by atoms with Gasteiger partial charge >= 0.3 is 6.03 Å². The molecule has 218 valence electrons. The molecule has 6 atom stereocenters. The summed E-state index contributed by atoms with van der Waals surface area (Å²) in [5.41, 5.74) is 3.86. The zero-order chi connectivity index (χ0) is 29.7. The molecule has 0 aromatic rings. The molecule has 39 heavy (non-hydrogen) atoms. The highest BCUT2D eigenvalue weighted by Gasteiger charge is 2.70. The van der Waals surface area contributed by atoms with Crippen molar-refractivity contribution in [2.45, 2.75) is 91.9 Å². The van der Waals surface area contributed by atoms with Gasteiger partial charge < -0.3 is 31.9 Å². The van der Waals surface area contributed by atoms with E-state index in [9.17, 15) is 28.8 Å². The predicted octanol–water partition coefficient (Wildman–Crippen LogP) is 0.0472. The summed E-state index contributed by atoms with van der Waals surface area (Å²) in [6.45, 7) is 15.8. The number of urea groups is 1. The minimum absolute atomic E-state index is 0.0589. The van der Waals surface area contributed by atoms with E-state index in [2.05, 4.69) is 21.3 Å². The van der Waals surface area contributed by atoms with Gasteiger partial charge in [0.25, 0.3) is 5.91 Å². The highest BCUT2D eigenvalue weighted by Crippen LogP contribution is 2.65. The molecule has 1 saturated carbocycles. The molecule has 2 heterocycles. The number of carbonyl (C=O) groups is 6. The number of primary amides is 1. The molecule has 6 amide bonds. The predicted molar refractivity (Wildman–Crippen MR) is 143 cm³/mol. The van der Waals surface area contributed by atoms with Crippen LogP contribution >= 0.6 is 0 Å². The topological polar surface area (TPSA) is 180 Å². The Balaban J connectivity index is 1.86. The summed E-state index contributed by atoms with van der Waals surface area (Å²) >= 11 is 0. The Labute approximate surface area is 229 Å². The Morgan fingerprint density at radius 3 is 2.18 bits per heavy atom. The molecular weight excluding hydrogens is 504 g/mol. The van der Waals surface area contributed by atoms with E-state index in [-0.39, 0.29) is 29.6 Å². The first-order valence-corrected chi connectivity index (χ1v) is 13.6. The van der Waals surface area contributed by atoms with Crippen molar-refractivity contribution in [3.8, 4) is 0 Å². The molecule has 3 aliphatic rings. The van der Waals surface area contributed by atoms with Crippen LogP contribution in [0.5, 0.6) is 0 Å². The number of hydrogen-bond donors (Lipinski definition) is 5. The van der Waals surface area contributed by atoms with Crippen LogP contribution in [0.2, 0.25) is 0 Å². The van der Waals surface area contributed by atoms with Crippen molar-refractivity contribution >= 4 is 35.4 Å². The van der Waals surface area contributed by atoms with Crippen molar-refractivity contribution in [1.29, 1.82) is 0 Å². The molecule has 0 spiro atoms. The molecule has 2 aliphatic heterocycles. The SMILES string of the molecule is CC(C)(C)NC(=O)NC(C(=O)N1C[C@H]2[C@@H]([C@H]1C(=O)N[C@@H](C[C@@H]1CCNC1=O)C(=O)C(N)=O)C2(C)C)C(C)(C)C. The number of fused-ring (bicyclic) bond motifs is 1. The Morgan fingerprint density at radius 1 is 1.08 bits per heavy atom. The number of hydrogen-bond acceptors (Lipinski definition) is 6. The van der Waals surface area contributed by atoms with Gasteiger partial charge in [0.05, 0.1) is 6.04 Å². The third-order valence-corrected chi connectivity index (χ3v) is 8.20. The van der Waals surface area contributed by atoms with Crippen LogP contribution in [0.4, 0.5) is 4.79 Å². The monoisotopic (exact) mass is 548 g/mol. The van der Waals surface area contributed by atoms with Crippen LogP contribution in [-0.2, 0) is 24.0 Å². The number of nitrogens with two attached hydrogens (primary N) is 1. The normalized spacial score (nSPS) is 27.1. The number of nitrogens with one attached hydrogen (secondary N) is 4.